The first-order valence-corrected chi connectivity index (χ1v) is 8.41. The summed E-state index contributed by atoms with van der Waals surface area (Å²) in [6, 6.07) is 0. The minimum atomic E-state index is -4.36. The van der Waals surface area contributed by atoms with E-state index in [-0.39, 0.29) is 0 Å². The average Bonchev–Trinajstić information content (AvgIpc) is 3.05. The van der Waals surface area contributed by atoms with Crippen molar-refractivity contribution in [1.82, 2.24) is 19.4 Å². The van der Waals surface area contributed by atoms with Crippen molar-refractivity contribution < 1.29 is 13.2 Å². The van der Waals surface area contributed by atoms with Crippen LogP contribution < -0.4 is 0 Å². The molecule has 0 bridgehead atoms. The lowest BCUT2D eigenvalue weighted by Crippen LogP contribution is -2.31. The van der Waals surface area contributed by atoms with Crippen molar-refractivity contribution in [2.45, 2.75) is 39.0 Å². The van der Waals surface area contributed by atoms with E-state index in [4.69, 9.17) is 0 Å². The van der Waals surface area contributed by atoms with Crippen molar-refractivity contribution in [1.29, 1.82) is 0 Å². The number of alkyl halides is 3. The van der Waals surface area contributed by atoms with Crippen LogP contribution in [0.2, 0.25) is 0 Å². The van der Waals surface area contributed by atoms with Gasteiger partial charge in [-0.05, 0) is 26.3 Å². The van der Waals surface area contributed by atoms with Crippen molar-refractivity contribution in [2.24, 2.45) is 5.92 Å². The van der Waals surface area contributed by atoms with Gasteiger partial charge in [0.25, 0.3) is 0 Å². The van der Waals surface area contributed by atoms with Gasteiger partial charge in [0.15, 0.2) is 5.69 Å². The van der Waals surface area contributed by atoms with E-state index < -0.39 is 11.9 Å². The summed E-state index contributed by atoms with van der Waals surface area (Å²) in [6.45, 7) is 4.29. The SMILES string of the molecule is Cc1ncsc1CN(C)C[C@H]1CCc2nc(C(F)(F)F)cn2C1. The van der Waals surface area contributed by atoms with Gasteiger partial charge in [-0.3, -0.25) is 0 Å². The smallest absolute Gasteiger partial charge is 0.334 e. The first kappa shape index (κ1) is 16.4. The van der Waals surface area contributed by atoms with Crippen LogP contribution in [0.15, 0.2) is 11.7 Å². The lowest BCUT2D eigenvalue weighted by Gasteiger charge is -2.28. The zero-order valence-corrected chi connectivity index (χ0v) is 13.9. The quantitative estimate of drug-likeness (QED) is 0.853. The van der Waals surface area contributed by atoms with E-state index in [1.807, 2.05) is 19.5 Å². The van der Waals surface area contributed by atoms with Crippen LogP contribution in [0.5, 0.6) is 0 Å². The van der Waals surface area contributed by atoms with Gasteiger partial charge in [0.05, 0.1) is 11.2 Å². The minimum Gasteiger partial charge on any atom is -0.334 e. The molecular weight excluding hydrogens is 325 g/mol. The number of thiazole rings is 1. The largest absolute Gasteiger partial charge is 0.434 e. The molecule has 8 heteroatoms. The predicted molar refractivity (Wildman–Crippen MR) is 82.2 cm³/mol. The van der Waals surface area contributed by atoms with E-state index >= 15 is 0 Å². The molecule has 2 aromatic rings. The number of hydrogen-bond acceptors (Lipinski definition) is 4. The van der Waals surface area contributed by atoms with Crippen LogP contribution in [0.25, 0.3) is 0 Å². The molecule has 1 atom stereocenters. The molecule has 3 rings (SSSR count). The van der Waals surface area contributed by atoms with Crippen molar-refractivity contribution in [2.75, 3.05) is 13.6 Å². The second-order valence-electron chi connectivity index (χ2n) is 6.15. The fraction of sp³-hybridized carbons (Fsp3) is 0.600. The summed E-state index contributed by atoms with van der Waals surface area (Å²) >= 11 is 1.64. The molecule has 0 N–H and O–H groups in total. The highest BCUT2D eigenvalue weighted by Gasteiger charge is 2.35. The summed E-state index contributed by atoms with van der Waals surface area (Å²) in [6.07, 6.45) is -1.73. The first-order valence-electron chi connectivity index (χ1n) is 7.53. The second-order valence-corrected chi connectivity index (χ2v) is 7.09. The molecule has 4 nitrogen and oxygen atoms in total. The Morgan fingerprint density at radius 3 is 2.87 bits per heavy atom. The van der Waals surface area contributed by atoms with E-state index in [0.29, 0.717) is 24.7 Å². The number of aromatic nitrogens is 3. The summed E-state index contributed by atoms with van der Waals surface area (Å²) in [7, 11) is 2.05. The maximum Gasteiger partial charge on any atom is 0.434 e. The number of nitrogens with zero attached hydrogens (tertiary/aromatic N) is 4. The second kappa shape index (κ2) is 6.24. The summed E-state index contributed by atoms with van der Waals surface area (Å²) in [5.74, 6) is 0.894. The Labute approximate surface area is 137 Å². The molecule has 0 fully saturated rings. The van der Waals surface area contributed by atoms with Gasteiger partial charge in [0.1, 0.15) is 5.82 Å². The van der Waals surface area contributed by atoms with Crippen molar-refractivity contribution in [3.8, 4) is 0 Å². The molecule has 23 heavy (non-hydrogen) atoms. The Morgan fingerprint density at radius 1 is 1.43 bits per heavy atom. The molecule has 1 aliphatic rings. The van der Waals surface area contributed by atoms with E-state index in [9.17, 15) is 13.2 Å². The number of rotatable bonds is 4. The summed E-state index contributed by atoms with van der Waals surface area (Å²) in [4.78, 5) is 11.4. The third kappa shape index (κ3) is 3.74. The maximum absolute atomic E-state index is 12.7. The third-order valence-corrected chi connectivity index (χ3v) is 5.13. The van der Waals surface area contributed by atoms with Gasteiger partial charge in [-0.25, -0.2) is 9.97 Å². The predicted octanol–water partition coefficient (Wildman–Crippen LogP) is 3.36. The van der Waals surface area contributed by atoms with E-state index in [1.165, 1.54) is 4.88 Å². The Balaban J connectivity index is 1.61. The zero-order chi connectivity index (χ0) is 16.6. The number of fused-ring (bicyclic) bond motifs is 1. The molecule has 0 saturated carbocycles. The highest BCUT2D eigenvalue weighted by atomic mass is 32.1. The van der Waals surface area contributed by atoms with Crippen LogP contribution >= 0.6 is 11.3 Å². The van der Waals surface area contributed by atoms with Crippen LogP contribution in [0.3, 0.4) is 0 Å². The number of aryl methyl sites for hydroxylation is 2. The van der Waals surface area contributed by atoms with Crippen molar-refractivity contribution in [3.05, 3.63) is 33.8 Å². The average molecular weight is 344 g/mol. The van der Waals surface area contributed by atoms with Crippen LogP contribution in [0.1, 0.15) is 28.5 Å². The molecule has 0 unspecified atom stereocenters. The molecule has 0 radical (unpaired) electrons. The topological polar surface area (TPSA) is 34.0 Å². The number of halogens is 3. The Bertz CT molecular complexity index is 677. The molecular formula is C15H19F3N4S. The summed E-state index contributed by atoms with van der Waals surface area (Å²) in [5, 5.41) is 0. The molecule has 1 aliphatic heterocycles. The standard InChI is InChI=1S/C15H19F3N4S/c1-10-12(23-9-19-10)7-21(2)5-11-3-4-14-20-13(15(16,17)18)8-22(14)6-11/h8-9,11H,3-7H2,1-2H3/t11-/m1/s1. The molecule has 2 aromatic heterocycles. The number of imidazole rings is 1. The van der Waals surface area contributed by atoms with Gasteiger partial charge in [-0.15, -0.1) is 11.3 Å². The van der Waals surface area contributed by atoms with E-state index in [1.54, 1.807) is 15.9 Å². The van der Waals surface area contributed by atoms with Crippen LogP contribution in [0, 0.1) is 12.8 Å². The summed E-state index contributed by atoms with van der Waals surface area (Å²) in [5.41, 5.74) is 2.12. The van der Waals surface area contributed by atoms with Gasteiger partial charge in [0, 0.05) is 37.1 Å². The van der Waals surface area contributed by atoms with Gasteiger partial charge in [0.2, 0.25) is 0 Å². The normalized spacial score (nSPS) is 18.4. The number of hydrogen-bond donors (Lipinski definition) is 0. The highest BCUT2D eigenvalue weighted by Crippen LogP contribution is 2.31. The van der Waals surface area contributed by atoms with Crippen molar-refractivity contribution in [3.63, 3.8) is 0 Å². The molecule has 0 aliphatic carbocycles. The van der Waals surface area contributed by atoms with E-state index in [0.717, 1.165) is 31.4 Å². The van der Waals surface area contributed by atoms with Gasteiger partial charge >= 0.3 is 6.18 Å². The monoisotopic (exact) mass is 344 g/mol. The van der Waals surface area contributed by atoms with Gasteiger partial charge in [-0.2, -0.15) is 13.2 Å². The molecule has 0 aromatic carbocycles. The van der Waals surface area contributed by atoms with Crippen molar-refractivity contribution >= 4 is 11.3 Å². The van der Waals surface area contributed by atoms with Gasteiger partial charge < -0.3 is 9.47 Å². The van der Waals surface area contributed by atoms with E-state index in [2.05, 4.69) is 14.9 Å². The molecule has 0 saturated heterocycles. The fourth-order valence-corrected chi connectivity index (χ4v) is 3.88. The van der Waals surface area contributed by atoms with Gasteiger partial charge in [-0.1, -0.05) is 0 Å². The molecule has 126 valence electrons. The van der Waals surface area contributed by atoms with Crippen LogP contribution in [0.4, 0.5) is 13.2 Å². The third-order valence-electron chi connectivity index (χ3n) is 4.21. The highest BCUT2D eigenvalue weighted by molar-refractivity contribution is 7.09. The fourth-order valence-electron chi connectivity index (χ4n) is 3.03. The maximum atomic E-state index is 12.7. The lowest BCUT2D eigenvalue weighted by molar-refractivity contribution is -0.141. The van der Waals surface area contributed by atoms with Crippen LogP contribution in [-0.4, -0.2) is 33.0 Å². The molecule has 3 heterocycles. The van der Waals surface area contributed by atoms with Crippen LogP contribution in [-0.2, 0) is 25.7 Å². The first-order chi connectivity index (χ1) is 10.8. The molecule has 0 amide bonds. The Hall–Kier alpha value is -1.41. The Morgan fingerprint density at radius 2 is 2.22 bits per heavy atom. The Kier molecular flexibility index (Phi) is 4.46. The summed E-state index contributed by atoms with van der Waals surface area (Å²) < 4.78 is 39.9. The lowest BCUT2D eigenvalue weighted by atomic mass is 9.99. The minimum absolute atomic E-state index is 0.344. The zero-order valence-electron chi connectivity index (χ0n) is 13.1. The molecule has 0 spiro atoms.